The molecular weight excluding hydrogens is 260 g/mol. The maximum atomic E-state index is 11.7. The summed E-state index contributed by atoms with van der Waals surface area (Å²) < 4.78 is 5.07. The zero-order valence-electron chi connectivity index (χ0n) is 11.9. The number of hydrogen-bond donors (Lipinski definition) is 2. The lowest BCUT2D eigenvalue weighted by Crippen LogP contribution is -2.49. The lowest BCUT2D eigenvalue weighted by molar-refractivity contribution is -0.134. The van der Waals surface area contributed by atoms with Gasteiger partial charge in [-0.25, -0.2) is 10.3 Å². The molecule has 2 N–H and O–H groups in total. The van der Waals surface area contributed by atoms with Gasteiger partial charge in [-0.05, 0) is 11.5 Å². The normalized spacial score (nSPS) is 11.8. The van der Waals surface area contributed by atoms with Crippen molar-refractivity contribution >= 4 is 12.0 Å². The first-order valence-corrected chi connectivity index (χ1v) is 6.34. The van der Waals surface area contributed by atoms with Gasteiger partial charge in [-0.3, -0.25) is 9.63 Å². The zero-order chi connectivity index (χ0) is 15.0. The molecule has 0 heterocycles. The van der Waals surface area contributed by atoms with Crippen molar-refractivity contribution in [3.63, 3.8) is 0 Å². The summed E-state index contributed by atoms with van der Waals surface area (Å²) in [5.74, 6) is -0.506. The van der Waals surface area contributed by atoms with Gasteiger partial charge in [0, 0.05) is 0 Å². The SMILES string of the molecule is CONC(=O)C(NC(=O)OCc1ccccc1)C(C)C. The maximum Gasteiger partial charge on any atom is 0.408 e. The van der Waals surface area contributed by atoms with Gasteiger partial charge in [0.25, 0.3) is 5.91 Å². The average molecular weight is 280 g/mol. The van der Waals surface area contributed by atoms with Gasteiger partial charge in [-0.15, -0.1) is 0 Å². The van der Waals surface area contributed by atoms with E-state index in [9.17, 15) is 9.59 Å². The Hall–Kier alpha value is -2.08. The van der Waals surface area contributed by atoms with Gasteiger partial charge in [0.05, 0.1) is 7.11 Å². The molecule has 1 atom stereocenters. The third kappa shape index (κ3) is 5.27. The number of carbonyl (C=O) groups excluding carboxylic acids is 2. The third-order valence-electron chi connectivity index (χ3n) is 2.64. The molecule has 0 aliphatic heterocycles. The molecule has 0 saturated carbocycles. The zero-order valence-corrected chi connectivity index (χ0v) is 11.9. The van der Waals surface area contributed by atoms with Crippen LogP contribution in [0.15, 0.2) is 30.3 Å². The van der Waals surface area contributed by atoms with Crippen LogP contribution in [0.2, 0.25) is 0 Å². The molecule has 0 fully saturated rings. The Morgan fingerprint density at radius 3 is 2.40 bits per heavy atom. The predicted molar refractivity (Wildman–Crippen MR) is 73.5 cm³/mol. The topological polar surface area (TPSA) is 76.7 Å². The van der Waals surface area contributed by atoms with Gasteiger partial charge in [0.1, 0.15) is 12.6 Å². The summed E-state index contributed by atoms with van der Waals surface area (Å²) in [6.45, 7) is 3.79. The summed E-state index contributed by atoms with van der Waals surface area (Å²) in [4.78, 5) is 27.9. The Morgan fingerprint density at radius 2 is 1.85 bits per heavy atom. The van der Waals surface area contributed by atoms with Crippen molar-refractivity contribution in [1.29, 1.82) is 0 Å². The van der Waals surface area contributed by atoms with Crippen LogP contribution in [0.4, 0.5) is 4.79 Å². The molecule has 1 aromatic carbocycles. The molecule has 0 aromatic heterocycles. The number of benzene rings is 1. The Bertz CT molecular complexity index is 434. The highest BCUT2D eigenvalue weighted by molar-refractivity contribution is 5.85. The quantitative estimate of drug-likeness (QED) is 0.776. The van der Waals surface area contributed by atoms with Crippen molar-refractivity contribution in [2.75, 3.05) is 7.11 Å². The van der Waals surface area contributed by atoms with Crippen molar-refractivity contribution in [1.82, 2.24) is 10.8 Å². The van der Waals surface area contributed by atoms with Gasteiger partial charge >= 0.3 is 6.09 Å². The highest BCUT2D eigenvalue weighted by Gasteiger charge is 2.24. The van der Waals surface area contributed by atoms with Crippen LogP contribution < -0.4 is 10.8 Å². The summed E-state index contributed by atoms with van der Waals surface area (Å²) in [6, 6.07) is 8.60. The van der Waals surface area contributed by atoms with Crippen molar-refractivity contribution in [2.24, 2.45) is 5.92 Å². The smallest absolute Gasteiger partial charge is 0.408 e. The van der Waals surface area contributed by atoms with E-state index >= 15 is 0 Å². The molecule has 6 nitrogen and oxygen atoms in total. The van der Waals surface area contributed by atoms with E-state index < -0.39 is 18.0 Å². The molecule has 0 aliphatic carbocycles. The van der Waals surface area contributed by atoms with E-state index in [1.807, 2.05) is 44.2 Å². The highest BCUT2D eigenvalue weighted by Crippen LogP contribution is 2.04. The number of hydroxylamine groups is 1. The number of amides is 2. The van der Waals surface area contributed by atoms with E-state index in [-0.39, 0.29) is 12.5 Å². The molecule has 0 spiro atoms. The first-order valence-electron chi connectivity index (χ1n) is 6.34. The Morgan fingerprint density at radius 1 is 1.20 bits per heavy atom. The largest absolute Gasteiger partial charge is 0.445 e. The Labute approximate surface area is 118 Å². The number of alkyl carbamates (subject to hydrolysis) is 1. The van der Waals surface area contributed by atoms with Crippen LogP contribution in [0.1, 0.15) is 19.4 Å². The van der Waals surface area contributed by atoms with E-state index in [2.05, 4.69) is 15.6 Å². The Kier molecular flexibility index (Phi) is 6.52. The van der Waals surface area contributed by atoms with Crippen molar-refractivity contribution in [2.45, 2.75) is 26.5 Å². The van der Waals surface area contributed by atoms with Crippen LogP contribution >= 0.6 is 0 Å². The number of ether oxygens (including phenoxy) is 1. The number of hydrogen-bond acceptors (Lipinski definition) is 4. The third-order valence-corrected chi connectivity index (χ3v) is 2.64. The minimum atomic E-state index is -0.710. The maximum absolute atomic E-state index is 11.7. The number of nitrogens with one attached hydrogen (secondary N) is 2. The van der Waals surface area contributed by atoms with Crippen molar-refractivity contribution in [3.05, 3.63) is 35.9 Å². The number of carbonyl (C=O) groups is 2. The van der Waals surface area contributed by atoms with E-state index in [1.54, 1.807) is 0 Å². The van der Waals surface area contributed by atoms with Gasteiger partial charge in [0.15, 0.2) is 0 Å². The van der Waals surface area contributed by atoms with Gasteiger partial charge in [-0.2, -0.15) is 0 Å². The van der Waals surface area contributed by atoms with Gasteiger partial charge in [0.2, 0.25) is 0 Å². The fourth-order valence-corrected chi connectivity index (χ4v) is 1.59. The first kappa shape index (κ1) is 16.0. The molecule has 6 heteroatoms. The summed E-state index contributed by atoms with van der Waals surface area (Å²) >= 11 is 0. The summed E-state index contributed by atoms with van der Waals surface area (Å²) in [7, 11) is 1.34. The van der Waals surface area contributed by atoms with Crippen LogP contribution in [0.5, 0.6) is 0 Å². The monoisotopic (exact) mass is 280 g/mol. The van der Waals surface area contributed by atoms with Crippen molar-refractivity contribution in [3.8, 4) is 0 Å². The Balaban J connectivity index is 2.48. The lowest BCUT2D eigenvalue weighted by Gasteiger charge is -2.20. The van der Waals surface area contributed by atoms with E-state index in [4.69, 9.17) is 4.74 Å². The van der Waals surface area contributed by atoms with E-state index in [1.165, 1.54) is 7.11 Å². The lowest BCUT2D eigenvalue weighted by atomic mass is 10.0. The van der Waals surface area contributed by atoms with Crippen LogP contribution in [0.25, 0.3) is 0 Å². The van der Waals surface area contributed by atoms with Crippen LogP contribution in [0, 0.1) is 5.92 Å². The first-order chi connectivity index (χ1) is 9.54. The summed E-state index contributed by atoms with van der Waals surface area (Å²) in [6.07, 6.45) is -0.640. The molecular formula is C14H20N2O4. The minimum absolute atomic E-state index is 0.0885. The van der Waals surface area contributed by atoms with E-state index in [0.717, 1.165) is 5.56 Å². The second-order valence-electron chi connectivity index (χ2n) is 4.60. The molecule has 0 bridgehead atoms. The van der Waals surface area contributed by atoms with Crippen LogP contribution in [-0.2, 0) is 21.0 Å². The summed E-state index contributed by atoms with van der Waals surface area (Å²) in [5.41, 5.74) is 3.08. The molecule has 1 aromatic rings. The molecule has 1 unspecified atom stereocenters. The second kappa shape index (κ2) is 8.16. The van der Waals surface area contributed by atoms with Crippen molar-refractivity contribution < 1.29 is 19.2 Å². The fourth-order valence-electron chi connectivity index (χ4n) is 1.59. The molecule has 0 aliphatic rings. The molecule has 0 saturated heterocycles. The van der Waals surface area contributed by atoms with Crippen LogP contribution in [0.3, 0.4) is 0 Å². The molecule has 2 amide bonds. The minimum Gasteiger partial charge on any atom is -0.445 e. The standard InChI is InChI=1S/C14H20N2O4/c1-10(2)12(13(17)16-19-3)15-14(18)20-9-11-7-5-4-6-8-11/h4-8,10,12H,9H2,1-3H3,(H,15,18)(H,16,17). The molecule has 110 valence electrons. The molecule has 20 heavy (non-hydrogen) atoms. The number of rotatable bonds is 6. The molecule has 0 radical (unpaired) electrons. The van der Waals surface area contributed by atoms with Gasteiger partial charge in [-0.1, -0.05) is 44.2 Å². The second-order valence-corrected chi connectivity index (χ2v) is 4.60. The van der Waals surface area contributed by atoms with Crippen LogP contribution in [-0.4, -0.2) is 25.2 Å². The average Bonchev–Trinajstić information content (AvgIpc) is 2.43. The van der Waals surface area contributed by atoms with E-state index in [0.29, 0.717) is 0 Å². The summed E-state index contributed by atoms with van der Waals surface area (Å²) in [5, 5.41) is 2.52. The fraction of sp³-hybridized carbons (Fsp3) is 0.429. The highest BCUT2D eigenvalue weighted by atomic mass is 16.6. The van der Waals surface area contributed by atoms with Gasteiger partial charge < -0.3 is 10.1 Å². The predicted octanol–water partition coefficient (Wildman–Crippen LogP) is 1.61. The molecule has 1 rings (SSSR count).